The van der Waals surface area contributed by atoms with Gasteiger partial charge in [0.05, 0.1) is 24.5 Å². The molecule has 1 aromatic rings. The van der Waals surface area contributed by atoms with E-state index in [9.17, 15) is 23.9 Å². The van der Waals surface area contributed by atoms with Gasteiger partial charge in [0.2, 0.25) is 5.76 Å². The topological polar surface area (TPSA) is 116 Å². The Morgan fingerprint density at radius 2 is 1.96 bits per heavy atom. The molecule has 6 rings (SSSR count). The average Bonchev–Trinajstić information content (AvgIpc) is 3.46. The number of hydrogen-bond acceptors (Lipinski definition) is 9. The van der Waals surface area contributed by atoms with Crippen molar-refractivity contribution in [1.82, 2.24) is 0 Å². The van der Waals surface area contributed by atoms with E-state index in [1.54, 1.807) is 13.0 Å². The van der Waals surface area contributed by atoms with E-state index in [1.807, 2.05) is 13.8 Å². The van der Waals surface area contributed by atoms with Crippen molar-refractivity contribution in [3.8, 4) is 11.8 Å². The van der Waals surface area contributed by atoms with E-state index in [4.69, 9.17) is 18.6 Å². The number of furan rings is 1. The normalized spacial score (nSPS) is 41.2. The first-order chi connectivity index (χ1) is 22.5. The van der Waals surface area contributed by atoms with Gasteiger partial charge in [-0.15, -0.1) is 11.8 Å². The van der Waals surface area contributed by atoms with Gasteiger partial charge in [-0.2, -0.15) is 0 Å². The van der Waals surface area contributed by atoms with E-state index in [2.05, 4.69) is 11.8 Å². The second-order valence-corrected chi connectivity index (χ2v) is 15.9. The molecule has 1 saturated heterocycles. The molecule has 1 N–H and O–H groups in total. The van der Waals surface area contributed by atoms with Crippen molar-refractivity contribution in [1.29, 1.82) is 0 Å². The van der Waals surface area contributed by atoms with Crippen molar-refractivity contribution < 1.29 is 51.3 Å². The van der Waals surface area contributed by atoms with E-state index in [-0.39, 0.29) is 48.9 Å². The first kappa shape index (κ1) is 34.8. The number of alkyl halides is 3. The SMILES string of the molecule is C[C@@H]1CC2C3C[C@H](F)C4=CC(=O)C=C[C@]4(C)[C@@]3(F)[C@@H](O)C[C@]2(C)[C@@]1(OC(=O)c1ccco1)C1OC1SCC#CCOC(=O)CC(C)(C)F. The Hall–Kier alpha value is -3.01. The molecule has 4 aliphatic carbocycles. The monoisotopic (exact) mass is 690 g/mol. The van der Waals surface area contributed by atoms with Crippen LogP contribution in [0.25, 0.3) is 0 Å². The molecular weight excluding hydrogens is 649 g/mol. The molecule has 3 saturated carbocycles. The highest BCUT2D eigenvalue weighted by Gasteiger charge is 2.80. The van der Waals surface area contributed by atoms with Crippen LogP contribution in [-0.2, 0) is 23.8 Å². The van der Waals surface area contributed by atoms with Gasteiger partial charge in [0.25, 0.3) is 0 Å². The number of allylic oxidation sites excluding steroid dienone is 4. The van der Waals surface area contributed by atoms with Gasteiger partial charge in [0.1, 0.15) is 23.4 Å². The van der Waals surface area contributed by atoms with Gasteiger partial charge in [-0.1, -0.05) is 31.8 Å². The van der Waals surface area contributed by atoms with Crippen LogP contribution in [0.3, 0.4) is 0 Å². The zero-order valence-electron chi connectivity index (χ0n) is 27.6. The van der Waals surface area contributed by atoms with Crippen molar-refractivity contribution in [2.75, 3.05) is 12.4 Å². The molecule has 0 aromatic carbocycles. The Balaban J connectivity index is 1.27. The van der Waals surface area contributed by atoms with Crippen LogP contribution in [0.5, 0.6) is 0 Å². The maximum atomic E-state index is 17.8. The summed E-state index contributed by atoms with van der Waals surface area (Å²) in [7, 11) is 0. The highest BCUT2D eigenvalue weighted by molar-refractivity contribution is 8.00. The summed E-state index contributed by atoms with van der Waals surface area (Å²) >= 11 is 1.35. The maximum Gasteiger partial charge on any atom is 0.374 e. The molecule has 12 heteroatoms. The van der Waals surface area contributed by atoms with Gasteiger partial charge in [-0.25, -0.2) is 18.0 Å². The summed E-state index contributed by atoms with van der Waals surface area (Å²) in [5.74, 6) is 2.23. The number of carbonyl (C=O) groups excluding carboxylic acids is 3. The van der Waals surface area contributed by atoms with Gasteiger partial charge >= 0.3 is 11.9 Å². The zero-order valence-corrected chi connectivity index (χ0v) is 28.4. The smallest absolute Gasteiger partial charge is 0.374 e. The van der Waals surface area contributed by atoms with E-state index < -0.39 is 81.1 Å². The minimum Gasteiger partial charge on any atom is -0.457 e. The van der Waals surface area contributed by atoms with E-state index >= 15 is 8.78 Å². The van der Waals surface area contributed by atoms with Crippen LogP contribution >= 0.6 is 11.8 Å². The molecule has 8 nitrogen and oxygen atoms in total. The van der Waals surface area contributed by atoms with Gasteiger partial charge in [-0.3, -0.25) is 9.59 Å². The standard InChI is InChI=1S/C36H41F3O8S/c1-20-15-22-23-17-25(37)24-16-21(40)10-11-33(24,4)35(23,39)27(41)18-34(22,5)36(20,47-30(43)26-9-8-13-44-26)29-31(46-29)48-14-7-6-12-45-28(42)19-32(2,3)38/h8-11,13,16,20,22-23,25,27,29,31,41H,12,14-15,17-19H2,1-5H3/t20-,22?,23?,25+,27+,29?,31?,33+,34+,35+,36+/m1/s1. The fraction of sp³-hybridized carbons (Fsp3) is 0.639. The third-order valence-corrected chi connectivity index (χ3v) is 12.4. The first-order valence-corrected chi connectivity index (χ1v) is 17.3. The fourth-order valence-corrected chi connectivity index (χ4v) is 10.2. The van der Waals surface area contributed by atoms with Crippen molar-refractivity contribution in [2.45, 2.75) is 101 Å². The Kier molecular flexibility index (Phi) is 8.78. The summed E-state index contributed by atoms with van der Waals surface area (Å²) in [4.78, 5) is 37.5. The van der Waals surface area contributed by atoms with E-state index in [0.29, 0.717) is 6.42 Å². The Labute approximate surface area is 282 Å². The summed E-state index contributed by atoms with van der Waals surface area (Å²) < 4.78 is 70.3. The highest BCUT2D eigenvalue weighted by Crippen LogP contribution is 2.73. The Bertz CT molecular complexity index is 1590. The second kappa shape index (κ2) is 12.1. The van der Waals surface area contributed by atoms with Gasteiger partial charge < -0.3 is 23.7 Å². The molecule has 260 valence electrons. The van der Waals surface area contributed by atoms with Crippen LogP contribution in [0.1, 0.15) is 70.9 Å². The van der Waals surface area contributed by atoms with Gasteiger partial charge in [-0.05, 0) is 81.7 Å². The lowest BCUT2D eigenvalue weighted by Gasteiger charge is -2.63. The number of epoxide rings is 1. The number of ether oxygens (including phenoxy) is 3. The number of halogens is 3. The predicted octanol–water partition coefficient (Wildman–Crippen LogP) is 5.88. The van der Waals surface area contributed by atoms with Gasteiger partial charge in [0, 0.05) is 16.7 Å². The summed E-state index contributed by atoms with van der Waals surface area (Å²) in [5.41, 5.74) is -8.30. The van der Waals surface area contributed by atoms with E-state index in [0.717, 1.165) is 6.08 Å². The van der Waals surface area contributed by atoms with Crippen molar-refractivity contribution in [2.24, 2.45) is 28.6 Å². The summed E-state index contributed by atoms with van der Waals surface area (Å²) in [6, 6.07) is 3.04. The third-order valence-electron chi connectivity index (χ3n) is 11.4. The van der Waals surface area contributed by atoms with Crippen molar-refractivity contribution >= 4 is 29.5 Å². The molecule has 1 aromatic heterocycles. The lowest BCUT2D eigenvalue weighted by Crippen LogP contribution is -2.70. The molecule has 4 fully saturated rings. The lowest BCUT2D eigenvalue weighted by molar-refractivity contribution is -0.228. The number of esters is 2. The molecule has 4 unspecified atom stereocenters. The maximum absolute atomic E-state index is 17.8. The molecular formula is C36H41F3O8S. The number of rotatable bonds is 8. The summed E-state index contributed by atoms with van der Waals surface area (Å²) in [5, 5.41) is 11.8. The number of thioether (sulfide) groups is 1. The lowest BCUT2D eigenvalue weighted by atomic mass is 9.44. The van der Waals surface area contributed by atoms with Crippen molar-refractivity contribution in [3.63, 3.8) is 0 Å². The van der Waals surface area contributed by atoms with Crippen LogP contribution in [0.4, 0.5) is 13.2 Å². The van der Waals surface area contributed by atoms with Gasteiger partial charge in [0.15, 0.2) is 23.7 Å². The third kappa shape index (κ3) is 5.44. The molecule has 5 aliphatic rings. The molecule has 0 radical (unpaired) electrons. The molecule has 1 aliphatic heterocycles. The Morgan fingerprint density at radius 1 is 1.21 bits per heavy atom. The van der Waals surface area contributed by atoms with E-state index in [1.165, 1.54) is 50.1 Å². The van der Waals surface area contributed by atoms with Crippen LogP contribution in [0.2, 0.25) is 0 Å². The minimum atomic E-state index is -2.28. The van der Waals surface area contributed by atoms with Crippen LogP contribution in [0.15, 0.2) is 46.6 Å². The van der Waals surface area contributed by atoms with Crippen LogP contribution in [-0.4, -0.2) is 75.9 Å². The summed E-state index contributed by atoms with van der Waals surface area (Å²) in [6.07, 6.45) is 1.02. The van der Waals surface area contributed by atoms with Crippen molar-refractivity contribution in [3.05, 3.63) is 48.0 Å². The molecule has 48 heavy (non-hydrogen) atoms. The number of fused-ring (bicyclic) bond motifs is 5. The fourth-order valence-electron chi connectivity index (χ4n) is 9.30. The molecule has 0 bridgehead atoms. The summed E-state index contributed by atoms with van der Waals surface area (Å²) in [6.45, 7) is 7.71. The minimum absolute atomic E-state index is 0.0213. The van der Waals surface area contributed by atoms with Crippen LogP contribution < -0.4 is 0 Å². The average molecular weight is 691 g/mol. The first-order valence-electron chi connectivity index (χ1n) is 16.3. The van der Waals surface area contributed by atoms with Crippen LogP contribution in [0, 0.1) is 40.4 Å². The molecule has 0 amide bonds. The molecule has 0 spiro atoms. The number of aliphatic hydroxyl groups is 1. The number of carbonyl (C=O) groups is 3. The largest absolute Gasteiger partial charge is 0.457 e. The molecule has 11 atom stereocenters. The predicted molar refractivity (Wildman–Crippen MR) is 170 cm³/mol. The molecule has 2 heterocycles. The Morgan fingerprint density at radius 3 is 2.65 bits per heavy atom. The quantitative estimate of drug-likeness (QED) is 0.203. The second-order valence-electron chi connectivity index (χ2n) is 14.8. The number of aliphatic hydroxyl groups excluding tert-OH is 1. The highest BCUT2D eigenvalue weighted by atomic mass is 32.2. The number of ketones is 1. The number of hydrogen-bond donors (Lipinski definition) is 1. The zero-order chi connectivity index (χ0) is 34.9.